The van der Waals surface area contributed by atoms with Crippen molar-refractivity contribution in [3.05, 3.63) is 34.6 Å². The zero-order chi connectivity index (χ0) is 16.1. The summed E-state index contributed by atoms with van der Waals surface area (Å²) >= 11 is 0. The number of nitrogens with one attached hydrogen (secondary N) is 1. The Bertz CT molecular complexity index is 737. The highest BCUT2D eigenvalue weighted by molar-refractivity contribution is 5.76. The van der Waals surface area contributed by atoms with Crippen LogP contribution in [0.2, 0.25) is 0 Å². The summed E-state index contributed by atoms with van der Waals surface area (Å²) in [4.78, 5) is 24.0. The van der Waals surface area contributed by atoms with Crippen molar-refractivity contribution in [2.45, 2.75) is 38.3 Å². The predicted octanol–water partition coefficient (Wildman–Crippen LogP) is 0.867. The summed E-state index contributed by atoms with van der Waals surface area (Å²) in [5, 5.41) is 11.4. The summed E-state index contributed by atoms with van der Waals surface area (Å²) in [6, 6.07) is 7.11. The molecule has 7 heteroatoms. The summed E-state index contributed by atoms with van der Waals surface area (Å²) in [6.45, 7) is 1.72. The van der Waals surface area contributed by atoms with Gasteiger partial charge in [0.05, 0.1) is 11.5 Å². The van der Waals surface area contributed by atoms with Gasteiger partial charge in [0.15, 0.2) is 0 Å². The Morgan fingerprint density at radius 1 is 1.39 bits per heavy atom. The monoisotopic (exact) mass is 316 g/mol. The summed E-state index contributed by atoms with van der Waals surface area (Å²) in [5.41, 5.74) is 0.415. The van der Waals surface area contributed by atoms with E-state index in [1.54, 1.807) is 18.2 Å². The zero-order valence-electron chi connectivity index (χ0n) is 12.9. The third kappa shape index (κ3) is 3.92. The lowest BCUT2D eigenvalue weighted by molar-refractivity contribution is -0.121. The van der Waals surface area contributed by atoms with E-state index in [-0.39, 0.29) is 17.6 Å². The molecular formula is C16H20N4O3. The first kappa shape index (κ1) is 15.6. The number of amides is 1. The van der Waals surface area contributed by atoms with Gasteiger partial charge in [0, 0.05) is 26.1 Å². The number of carbonyl (C=O) groups is 1. The largest absolute Gasteiger partial charge is 0.376 e. The Morgan fingerprint density at radius 2 is 2.26 bits per heavy atom. The molecule has 3 rings (SSSR count). The lowest BCUT2D eigenvalue weighted by atomic mass is 10.2. The maximum Gasteiger partial charge on any atom is 0.277 e. The molecule has 1 aromatic heterocycles. The average Bonchev–Trinajstić information content (AvgIpc) is 3.09. The topological polar surface area (TPSA) is 86.1 Å². The van der Waals surface area contributed by atoms with E-state index < -0.39 is 0 Å². The second kappa shape index (κ2) is 7.32. The van der Waals surface area contributed by atoms with Gasteiger partial charge < -0.3 is 10.1 Å². The smallest absolute Gasteiger partial charge is 0.277 e. The van der Waals surface area contributed by atoms with Crippen molar-refractivity contribution in [3.63, 3.8) is 0 Å². The zero-order valence-corrected chi connectivity index (χ0v) is 12.9. The van der Waals surface area contributed by atoms with Crippen LogP contribution in [0.5, 0.6) is 0 Å². The van der Waals surface area contributed by atoms with Gasteiger partial charge in [0.1, 0.15) is 5.52 Å². The number of nitrogens with zero attached hydrogens (tertiary/aromatic N) is 3. The Labute approximate surface area is 133 Å². The van der Waals surface area contributed by atoms with Crippen LogP contribution in [-0.4, -0.2) is 40.2 Å². The van der Waals surface area contributed by atoms with Crippen LogP contribution in [0.25, 0.3) is 10.9 Å². The second-order valence-corrected chi connectivity index (χ2v) is 5.68. The van der Waals surface area contributed by atoms with Crippen LogP contribution in [-0.2, 0) is 16.1 Å². The van der Waals surface area contributed by atoms with Gasteiger partial charge in [-0.25, -0.2) is 4.68 Å². The first-order valence-electron chi connectivity index (χ1n) is 7.95. The second-order valence-electron chi connectivity index (χ2n) is 5.68. The number of benzene rings is 1. The molecule has 0 spiro atoms. The number of rotatable bonds is 6. The van der Waals surface area contributed by atoms with E-state index in [9.17, 15) is 9.59 Å². The minimum Gasteiger partial charge on any atom is -0.376 e. The number of carbonyl (C=O) groups excluding carboxylic acids is 1. The fraction of sp³-hybridized carbons (Fsp3) is 0.500. The van der Waals surface area contributed by atoms with Gasteiger partial charge in [-0.3, -0.25) is 9.59 Å². The number of fused-ring (bicyclic) bond motifs is 1. The van der Waals surface area contributed by atoms with Crippen LogP contribution < -0.4 is 10.9 Å². The molecular weight excluding hydrogens is 296 g/mol. The lowest BCUT2D eigenvalue weighted by Gasteiger charge is -2.10. The van der Waals surface area contributed by atoms with Gasteiger partial charge in [-0.2, -0.15) is 0 Å². The van der Waals surface area contributed by atoms with Crippen molar-refractivity contribution < 1.29 is 9.53 Å². The minimum atomic E-state index is -0.171. The van der Waals surface area contributed by atoms with Crippen molar-refractivity contribution in [1.29, 1.82) is 0 Å². The van der Waals surface area contributed by atoms with Crippen molar-refractivity contribution in [2.75, 3.05) is 13.2 Å². The molecule has 1 aromatic carbocycles. The summed E-state index contributed by atoms with van der Waals surface area (Å²) in [5.74, 6) is -0.0257. The summed E-state index contributed by atoms with van der Waals surface area (Å²) < 4.78 is 6.77. The van der Waals surface area contributed by atoms with Gasteiger partial charge >= 0.3 is 0 Å². The van der Waals surface area contributed by atoms with Crippen molar-refractivity contribution in [3.8, 4) is 0 Å². The maximum absolute atomic E-state index is 12.2. The number of ether oxygens (including phenoxy) is 1. The molecule has 1 saturated heterocycles. The lowest BCUT2D eigenvalue weighted by Crippen LogP contribution is -2.32. The van der Waals surface area contributed by atoms with Gasteiger partial charge in [0.25, 0.3) is 5.56 Å². The Morgan fingerprint density at radius 3 is 3.09 bits per heavy atom. The third-order valence-corrected chi connectivity index (χ3v) is 3.95. The highest BCUT2D eigenvalue weighted by atomic mass is 16.5. The first-order valence-corrected chi connectivity index (χ1v) is 7.95. The molecule has 1 amide bonds. The minimum absolute atomic E-state index is 0.0257. The van der Waals surface area contributed by atoms with E-state index in [0.717, 1.165) is 19.4 Å². The van der Waals surface area contributed by atoms with Gasteiger partial charge in [-0.05, 0) is 31.4 Å². The average molecular weight is 316 g/mol. The molecule has 122 valence electrons. The van der Waals surface area contributed by atoms with Crippen LogP contribution in [0.4, 0.5) is 0 Å². The molecule has 0 saturated carbocycles. The van der Waals surface area contributed by atoms with E-state index in [4.69, 9.17) is 4.74 Å². The first-order chi connectivity index (χ1) is 11.2. The Hall–Kier alpha value is -2.28. The highest BCUT2D eigenvalue weighted by Gasteiger charge is 2.16. The standard InChI is InChI=1S/C16H20N4O3/c21-15(17-11-12-5-4-10-23-12)8-3-9-20-16(22)13-6-1-2-7-14(13)18-19-20/h1-2,6-7,12H,3-5,8-11H2,(H,17,21). The fourth-order valence-corrected chi connectivity index (χ4v) is 2.68. The number of aromatic nitrogens is 3. The fourth-order valence-electron chi connectivity index (χ4n) is 2.68. The molecule has 7 nitrogen and oxygen atoms in total. The van der Waals surface area contributed by atoms with Crippen LogP contribution in [0.3, 0.4) is 0 Å². The molecule has 0 bridgehead atoms. The van der Waals surface area contributed by atoms with Crippen LogP contribution in [0, 0.1) is 0 Å². The van der Waals surface area contributed by atoms with Crippen LogP contribution in [0.1, 0.15) is 25.7 Å². The molecule has 1 aliphatic rings. The number of hydrogen-bond acceptors (Lipinski definition) is 5. The normalized spacial score (nSPS) is 17.5. The van der Waals surface area contributed by atoms with Crippen molar-refractivity contribution >= 4 is 16.8 Å². The maximum atomic E-state index is 12.2. The van der Waals surface area contributed by atoms with Crippen LogP contribution >= 0.6 is 0 Å². The van der Waals surface area contributed by atoms with Crippen molar-refractivity contribution in [1.82, 2.24) is 20.3 Å². The molecule has 1 aliphatic heterocycles. The van der Waals surface area contributed by atoms with E-state index in [0.29, 0.717) is 36.8 Å². The van der Waals surface area contributed by atoms with E-state index in [2.05, 4.69) is 15.6 Å². The van der Waals surface area contributed by atoms with Crippen LogP contribution in [0.15, 0.2) is 29.1 Å². The van der Waals surface area contributed by atoms with Gasteiger partial charge in [-0.1, -0.05) is 17.3 Å². The van der Waals surface area contributed by atoms with Gasteiger partial charge in [-0.15, -0.1) is 5.10 Å². The Balaban J connectivity index is 1.49. The molecule has 1 fully saturated rings. The molecule has 2 aromatic rings. The summed E-state index contributed by atoms with van der Waals surface area (Å²) in [6.07, 6.45) is 3.11. The quantitative estimate of drug-likeness (QED) is 0.854. The Kier molecular flexibility index (Phi) is 4.97. The summed E-state index contributed by atoms with van der Waals surface area (Å²) in [7, 11) is 0. The third-order valence-electron chi connectivity index (χ3n) is 3.95. The van der Waals surface area contributed by atoms with Gasteiger partial charge in [0.2, 0.25) is 5.91 Å². The SMILES string of the molecule is O=C(CCCn1nnc2ccccc2c1=O)NCC1CCCO1. The number of hydrogen-bond donors (Lipinski definition) is 1. The highest BCUT2D eigenvalue weighted by Crippen LogP contribution is 2.10. The molecule has 2 heterocycles. The van der Waals surface area contributed by atoms with E-state index >= 15 is 0 Å². The van der Waals surface area contributed by atoms with E-state index in [1.807, 2.05) is 6.07 Å². The molecule has 0 radical (unpaired) electrons. The molecule has 1 unspecified atom stereocenters. The predicted molar refractivity (Wildman–Crippen MR) is 85.0 cm³/mol. The van der Waals surface area contributed by atoms with Crippen molar-refractivity contribution in [2.24, 2.45) is 0 Å². The molecule has 0 aliphatic carbocycles. The molecule has 1 N–H and O–H groups in total. The molecule has 1 atom stereocenters. The number of aryl methyl sites for hydroxylation is 1. The molecule has 23 heavy (non-hydrogen) atoms. The van der Waals surface area contributed by atoms with E-state index in [1.165, 1.54) is 4.68 Å².